The van der Waals surface area contributed by atoms with Gasteiger partial charge in [-0.25, -0.2) is 10.5 Å². The summed E-state index contributed by atoms with van der Waals surface area (Å²) < 4.78 is 34.4. The van der Waals surface area contributed by atoms with Crippen molar-refractivity contribution in [3.8, 4) is 5.88 Å². The summed E-state index contributed by atoms with van der Waals surface area (Å²) in [6, 6.07) is 2.49. The molecule has 1 amide bonds. The average Bonchev–Trinajstić information content (AvgIpc) is 2.69. The molecule has 11 heteroatoms. The lowest BCUT2D eigenvalue weighted by molar-refractivity contribution is -0.134. The molecule has 9 nitrogen and oxygen atoms in total. The van der Waals surface area contributed by atoms with Gasteiger partial charge in [0.15, 0.2) is 0 Å². The highest BCUT2D eigenvalue weighted by Gasteiger charge is 2.41. The van der Waals surface area contributed by atoms with Crippen molar-refractivity contribution < 1.29 is 23.2 Å². The zero-order valence-electron chi connectivity index (χ0n) is 14.8. The highest BCUT2D eigenvalue weighted by atomic mass is 35.5. The largest absolute Gasteiger partial charge is 0.474 e. The van der Waals surface area contributed by atoms with Crippen LogP contribution in [0.5, 0.6) is 5.88 Å². The fraction of sp³-hybridized carbons (Fsp3) is 0.625. The van der Waals surface area contributed by atoms with Gasteiger partial charge in [-0.05, 0) is 31.7 Å². The van der Waals surface area contributed by atoms with Gasteiger partial charge in [0, 0.05) is 31.9 Å². The van der Waals surface area contributed by atoms with Crippen LogP contribution in [-0.2, 0) is 15.0 Å². The first-order chi connectivity index (χ1) is 12.9. The number of aromatic nitrogens is 1. The van der Waals surface area contributed by atoms with Crippen LogP contribution >= 0.6 is 11.6 Å². The Labute approximate surface area is 163 Å². The van der Waals surface area contributed by atoms with Crippen LogP contribution in [0, 0.1) is 0 Å². The minimum atomic E-state index is -3.79. The number of hydrogen-bond donors (Lipinski definition) is 2. The first kappa shape index (κ1) is 20.3. The molecule has 150 valence electrons. The van der Waals surface area contributed by atoms with Crippen LogP contribution < -0.4 is 10.2 Å². The Morgan fingerprint density at radius 3 is 2.59 bits per heavy atom. The fourth-order valence-corrected chi connectivity index (χ4v) is 5.41. The van der Waals surface area contributed by atoms with E-state index in [9.17, 15) is 13.2 Å². The van der Waals surface area contributed by atoms with E-state index in [2.05, 4.69) is 4.98 Å². The van der Waals surface area contributed by atoms with Gasteiger partial charge >= 0.3 is 0 Å². The maximum Gasteiger partial charge on any atom is 0.282 e. The van der Waals surface area contributed by atoms with Gasteiger partial charge in [0.2, 0.25) is 5.88 Å². The van der Waals surface area contributed by atoms with Crippen molar-refractivity contribution in [3.63, 3.8) is 0 Å². The topological polar surface area (TPSA) is 112 Å². The van der Waals surface area contributed by atoms with E-state index in [0.29, 0.717) is 49.7 Å². The molecule has 1 atom stereocenters. The number of halogens is 1. The minimum Gasteiger partial charge on any atom is -0.474 e. The molecule has 2 N–H and O–H groups in total. The minimum absolute atomic E-state index is 0.136. The number of carbonyl (C=O) groups is 1. The molecule has 3 heterocycles. The molecular formula is C16H23ClN4O5S. The number of ether oxygens (including phenoxy) is 1. The van der Waals surface area contributed by atoms with Crippen molar-refractivity contribution in [2.24, 2.45) is 0 Å². The third kappa shape index (κ3) is 4.69. The molecule has 0 spiro atoms. The van der Waals surface area contributed by atoms with Crippen LogP contribution in [0.2, 0.25) is 5.02 Å². The van der Waals surface area contributed by atoms with Gasteiger partial charge in [-0.1, -0.05) is 18.0 Å². The SMILES string of the molecule is O=C(NO)[C@H]1CCCCN1S(=O)(=O)N1CCC(Oc2ccc(Cl)cn2)CC1. The van der Waals surface area contributed by atoms with Crippen molar-refractivity contribution in [1.29, 1.82) is 0 Å². The lowest BCUT2D eigenvalue weighted by Gasteiger charge is -2.39. The number of pyridine rings is 1. The Morgan fingerprint density at radius 2 is 1.96 bits per heavy atom. The fourth-order valence-electron chi connectivity index (χ4n) is 3.45. The highest BCUT2D eigenvalue weighted by molar-refractivity contribution is 7.86. The summed E-state index contributed by atoms with van der Waals surface area (Å²) in [7, 11) is -3.79. The number of nitrogens with zero attached hydrogens (tertiary/aromatic N) is 3. The second-order valence-electron chi connectivity index (χ2n) is 6.64. The van der Waals surface area contributed by atoms with E-state index in [1.54, 1.807) is 17.6 Å². The molecular weight excluding hydrogens is 396 g/mol. The van der Waals surface area contributed by atoms with Crippen molar-refractivity contribution in [1.82, 2.24) is 19.1 Å². The lowest BCUT2D eigenvalue weighted by atomic mass is 10.0. The van der Waals surface area contributed by atoms with Crippen molar-refractivity contribution in [2.45, 2.75) is 44.2 Å². The number of nitrogens with one attached hydrogen (secondary N) is 1. The second-order valence-corrected chi connectivity index (χ2v) is 8.95. The summed E-state index contributed by atoms with van der Waals surface area (Å²) in [5.74, 6) is -0.235. The van der Waals surface area contributed by atoms with Crippen LogP contribution in [0.15, 0.2) is 18.3 Å². The molecule has 2 fully saturated rings. The van der Waals surface area contributed by atoms with Crippen LogP contribution in [0.4, 0.5) is 0 Å². The summed E-state index contributed by atoms with van der Waals surface area (Å²) in [6.07, 6.45) is 4.24. The molecule has 1 aromatic heterocycles. The number of hydrogen-bond acceptors (Lipinski definition) is 6. The number of rotatable bonds is 5. The first-order valence-corrected chi connectivity index (χ1v) is 10.7. The Bertz CT molecular complexity index is 753. The monoisotopic (exact) mass is 418 g/mol. The molecule has 0 radical (unpaired) electrons. The molecule has 2 saturated heterocycles. The maximum absolute atomic E-state index is 13.0. The van der Waals surface area contributed by atoms with Crippen LogP contribution in [0.3, 0.4) is 0 Å². The molecule has 0 aliphatic carbocycles. The zero-order chi connectivity index (χ0) is 19.4. The molecule has 27 heavy (non-hydrogen) atoms. The van der Waals surface area contributed by atoms with E-state index < -0.39 is 22.2 Å². The van der Waals surface area contributed by atoms with E-state index in [1.165, 1.54) is 14.8 Å². The Hall–Kier alpha value is -1.46. The van der Waals surface area contributed by atoms with Gasteiger partial charge in [0.25, 0.3) is 16.1 Å². The maximum atomic E-state index is 13.0. The predicted octanol–water partition coefficient (Wildman–Crippen LogP) is 1.18. The van der Waals surface area contributed by atoms with Gasteiger partial charge in [0.05, 0.1) is 5.02 Å². The predicted molar refractivity (Wildman–Crippen MR) is 97.7 cm³/mol. The average molecular weight is 419 g/mol. The van der Waals surface area contributed by atoms with Crippen LogP contribution in [-0.4, -0.2) is 64.9 Å². The summed E-state index contributed by atoms with van der Waals surface area (Å²) in [5, 5.41) is 9.43. The number of amides is 1. The van der Waals surface area contributed by atoms with E-state index in [1.807, 2.05) is 0 Å². The standard InChI is InChI=1S/C16H23ClN4O5S/c17-12-4-5-15(18-11-12)26-13-6-9-20(10-7-13)27(24,25)21-8-2-1-3-14(21)16(22)19-23/h4-5,11,13-14,23H,1-3,6-10H2,(H,19,22)/t14-/m1/s1. The van der Waals surface area contributed by atoms with E-state index in [4.69, 9.17) is 21.5 Å². The van der Waals surface area contributed by atoms with Gasteiger partial charge in [-0.15, -0.1) is 0 Å². The Balaban J connectivity index is 1.61. The van der Waals surface area contributed by atoms with Gasteiger partial charge < -0.3 is 4.74 Å². The first-order valence-electron chi connectivity index (χ1n) is 8.91. The van der Waals surface area contributed by atoms with Crippen molar-refractivity contribution in [2.75, 3.05) is 19.6 Å². The number of hydroxylamine groups is 1. The van der Waals surface area contributed by atoms with Gasteiger partial charge in [-0.3, -0.25) is 10.0 Å². The molecule has 1 aromatic rings. The molecule has 2 aliphatic heterocycles. The Morgan fingerprint density at radius 1 is 1.22 bits per heavy atom. The summed E-state index contributed by atoms with van der Waals surface area (Å²) in [4.78, 5) is 16.0. The molecule has 0 aromatic carbocycles. The van der Waals surface area contributed by atoms with Crippen LogP contribution in [0.25, 0.3) is 0 Å². The van der Waals surface area contributed by atoms with Crippen molar-refractivity contribution in [3.05, 3.63) is 23.4 Å². The molecule has 0 unspecified atom stereocenters. The molecule has 0 bridgehead atoms. The second kappa shape index (κ2) is 8.70. The molecule has 3 rings (SSSR count). The van der Waals surface area contributed by atoms with Crippen molar-refractivity contribution >= 4 is 27.7 Å². The third-order valence-electron chi connectivity index (χ3n) is 4.88. The quantitative estimate of drug-likeness (QED) is 0.548. The van der Waals surface area contributed by atoms with E-state index in [0.717, 1.165) is 6.42 Å². The zero-order valence-corrected chi connectivity index (χ0v) is 16.3. The molecule has 2 aliphatic rings. The molecule has 0 saturated carbocycles. The van der Waals surface area contributed by atoms with Crippen LogP contribution in [0.1, 0.15) is 32.1 Å². The third-order valence-corrected chi connectivity index (χ3v) is 7.15. The van der Waals surface area contributed by atoms with Gasteiger partial charge in [0.1, 0.15) is 12.1 Å². The summed E-state index contributed by atoms with van der Waals surface area (Å²) in [5.41, 5.74) is 1.58. The van der Waals surface area contributed by atoms with E-state index in [-0.39, 0.29) is 12.6 Å². The van der Waals surface area contributed by atoms with E-state index >= 15 is 0 Å². The Kier molecular flexibility index (Phi) is 6.53. The number of carbonyl (C=O) groups excluding carboxylic acids is 1. The highest BCUT2D eigenvalue weighted by Crippen LogP contribution is 2.26. The summed E-state index contributed by atoms with van der Waals surface area (Å²) >= 11 is 5.80. The lowest BCUT2D eigenvalue weighted by Crippen LogP contribution is -2.57. The number of piperidine rings is 2. The summed E-state index contributed by atoms with van der Waals surface area (Å²) in [6.45, 7) is 0.862. The normalized spacial score (nSPS) is 23.1. The van der Waals surface area contributed by atoms with Gasteiger partial charge in [-0.2, -0.15) is 17.0 Å². The smallest absolute Gasteiger partial charge is 0.282 e.